The first kappa shape index (κ1) is 58.1. The Hall–Kier alpha value is -14.1. The van der Waals surface area contributed by atoms with E-state index in [-0.39, 0.29) is 0 Å². The second-order valence-corrected chi connectivity index (χ2v) is 25.6. The predicted molar refractivity (Wildman–Crippen MR) is 415 cm³/mol. The molecule has 0 saturated carbocycles. The van der Waals surface area contributed by atoms with Gasteiger partial charge >= 0.3 is 0 Å². The number of hydrogen-bond donors (Lipinski definition) is 0. The Morgan fingerprint density at radius 1 is 0.206 bits per heavy atom. The van der Waals surface area contributed by atoms with Crippen LogP contribution in [0.2, 0.25) is 0 Å². The first-order valence-electron chi connectivity index (χ1n) is 33.9. The fourth-order valence-electron chi connectivity index (χ4n) is 15.1. The lowest BCUT2D eigenvalue weighted by Gasteiger charge is -2.11. The van der Waals surface area contributed by atoms with Gasteiger partial charge in [0.1, 0.15) is 11.6 Å². The largest absolute Gasteiger partial charge is 0.294 e. The molecule has 21 rings (SSSR count). The Morgan fingerprint density at radius 2 is 0.637 bits per heavy atom. The van der Waals surface area contributed by atoms with Gasteiger partial charge in [0.05, 0.1) is 66.9 Å². The van der Waals surface area contributed by atoms with Gasteiger partial charge in [0.2, 0.25) is 0 Å². The van der Waals surface area contributed by atoms with E-state index in [1.54, 1.807) is 6.20 Å². The molecule has 0 bridgehead atoms. The highest BCUT2D eigenvalue weighted by molar-refractivity contribution is 6.23. The Balaban J connectivity index is 0.000000137. The minimum Gasteiger partial charge on any atom is -0.294 e. The van der Waals surface area contributed by atoms with Crippen molar-refractivity contribution < 1.29 is 0 Å². The molecule has 12 heterocycles. The Bertz CT molecular complexity index is 6910. The van der Waals surface area contributed by atoms with Gasteiger partial charge in [-0.05, 0) is 177 Å². The van der Waals surface area contributed by atoms with Crippen LogP contribution in [-0.4, -0.2) is 59.0 Å². The number of benzene rings is 9. The Labute approximate surface area is 582 Å². The summed E-state index contributed by atoms with van der Waals surface area (Å²) in [7, 11) is 0. The maximum atomic E-state index is 5.11. The summed E-state index contributed by atoms with van der Waals surface area (Å²) in [5.74, 6) is 1.71. The van der Waals surface area contributed by atoms with E-state index in [1.807, 2.05) is 110 Å². The van der Waals surface area contributed by atoms with Gasteiger partial charge in [-0.15, -0.1) is 0 Å². The van der Waals surface area contributed by atoms with Crippen molar-refractivity contribution in [1.29, 1.82) is 0 Å². The third kappa shape index (κ3) is 9.68. The summed E-state index contributed by atoms with van der Waals surface area (Å²) in [4.78, 5) is 47.8. The average Bonchev–Trinajstić information content (AvgIpc) is 1.56. The molecule has 12 aromatic heterocycles. The van der Waals surface area contributed by atoms with Gasteiger partial charge in [0, 0.05) is 138 Å². The number of pyridine rings is 10. The molecule has 12 nitrogen and oxygen atoms in total. The van der Waals surface area contributed by atoms with E-state index in [0.717, 1.165) is 161 Å². The van der Waals surface area contributed by atoms with Crippen LogP contribution in [0, 0.1) is 0 Å². The molecule has 21 aromatic rings. The van der Waals surface area contributed by atoms with Crippen molar-refractivity contribution >= 4 is 120 Å². The van der Waals surface area contributed by atoms with Crippen LogP contribution >= 0.6 is 0 Å². The zero-order chi connectivity index (χ0) is 67.2. The van der Waals surface area contributed by atoms with Crippen molar-refractivity contribution in [2.24, 2.45) is 0 Å². The van der Waals surface area contributed by atoms with Crippen molar-refractivity contribution in [1.82, 2.24) is 59.0 Å². The molecule has 0 unspecified atom stereocenters. The van der Waals surface area contributed by atoms with Crippen LogP contribution in [0.5, 0.6) is 0 Å². The van der Waals surface area contributed by atoms with Crippen LogP contribution < -0.4 is 0 Å². The second kappa shape index (κ2) is 23.9. The van der Waals surface area contributed by atoms with Crippen LogP contribution in [-0.2, 0) is 0 Å². The molecule has 0 aliphatic rings. The Morgan fingerprint density at radius 3 is 1.19 bits per heavy atom. The summed E-state index contributed by atoms with van der Waals surface area (Å²) in [6.07, 6.45) is 18.8. The van der Waals surface area contributed by atoms with Crippen LogP contribution in [0.3, 0.4) is 0 Å². The molecule has 0 N–H and O–H groups in total. The Kier molecular flexibility index (Phi) is 13.6. The van der Waals surface area contributed by atoms with E-state index in [9.17, 15) is 0 Å². The summed E-state index contributed by atoms with van der Waals surface area (Å²) in [5.41, 5.74) is 20.0. The molecule has 0 radical (unpaired) electrons. The van der Waals surface area contributed by atoms with Gasteiger partial charge < -0.3 is 0 Å². The predicted octanol–water partition coefficient (Wildman–Crippen LogP) is 21.6. The molecule has 0 spiro atoms. The van der Waals surface area contributed by atoms with Crippen molar-refractivity contribution in [2.45, 2.75) is 0 Å². The summed E-state index contributed by atoms with van der Waals surface area (Å²) < 4.78 is 4.55. The minimum atomic E-state index is 0.853. The first-order chi connectivity index (χ1) is 50.6. The van der Waals surface area contributed by atoms with Gasteiger partial charge in [0.25, 0.3) is 0 Å². The van der Waals surface area contributed by atoms with E-state index < -0.39 is 0 Å². The first-order valence-corrected chi connectivity index (χ1v) is 33.9. The van der Waals surface area contributed by atoms with Gasteiger partial charge in [0.15, 0.2) is 0 Å². The van der Waals surface area contributed by atoms with Crippen molar-refractivity contribution in [2.75, 3.05) is 0 Å². The topological polar surface area (TPSA) is 139 Å². The number of rotatable bonds is 8. The van der Waals surface area contributed by atoms with E-state index in [2.05, 4.69) is 236 Å². The molecule has 9 aromatic carbocycles. The fourth-order valence-corrected chi connectivity index (χ4v) is 15.1. The maximum absolute atomic E-state index is 5.11. The van der Waals surface area contributed by atoms with E-state index in [0.29, 0.717) is 0 Å². The third-order valence-electron chi connectivity index (χ3n) is 19.8. The summed E-state index contributed by atoms with van der Waals surface area (Å²) in [5, 5.41) is 16.0. The third-order valence-corrected chi connectivity index (χ3v) is 19.8. The molecule has 102 heavy (non-hydrogen) atoms. The summed E-state index contributed by atoms with van der Waals surface area (Å²) >= 11 is 0. The maximum Gasteiger partial charge on any atom is 0.137 e. The molecule has 0 aliphatic carbocycles. The minimum absolute atomic E-state index is 0.853. The monoisotopic (exact) mass is 1300 g/mol. The molecule has 0 amide bonds. The quantitative estimate of drug-likeness (QED) is 0.135. The lowest BCUT2D eigenvalue weighted by molar-refractivity contribution is 1.08. The van der Waals surface area contributed by atoms with Gasteiger partial charge in [-0.2, -0.15) is 0 Å². The molecule has 0 atom stereocenters. The van der Waals surface area contributed by atoms with Crippen LogP contribution in [0.25, 0.3) is 198 Å². The van der Waals surface area contributed by atoms with E-state index in [4.69, 9.17) is 34.9 Å². The van der Waals surface area contributed by atoms with Crippen molar-refractivity contribution in [3.63, 3.8) is 0 Å². The molecular weight excluding hydrogens is 1250 g/mol. The number of fused-ring (bicyclic) bond motifs is 17. The highest BCUT2D eigenvalue weighted by Gasteiger charge is 2.21. The van der Waals surface area contributed by atoms with Gasteiger partial charge in [-0.1, -0.05) is 133 Å². The molecule has 0 saturated heterocycles. The van der Waals surface area contributed by atoms with Crippen LogP contribution in [0.1, 0.15) is 0 Å². The van der Waals surface area contributed by atoms with Crippen LogP contribution in [0.15, 0.2) is 329 Å². The second-order valence-electron chi connectivity index (χ2n) is 25.6. The average molecular weight is 1300 g/mol. The molecule has 0 fully saturated rings. The number of nitrogens with zero attached hydrogens (tertiary/aromatic N) is 12. The van der Waals surface area contributed by atoms with Crippen molar-refractivity contribution in [3.8, 4) is 78.9 Å². The normalized spacial score (nSPS) is 11.7. The number of hydrogen-bond acceptors (Lipinski definition) is 10. The molecule has 0 aliphatic heterocycles. The van der Waals surface area contributed by atoms with E-state index >= 15 is 0 Å². The highest BCUT2D eigenvalue weighted by Crippen LogP contribution is 2.43. The lowest BCUT2D eigenvalue weighted by Crippen LogP contribution is -1.97. The summed E-state index contributed by atoms with van der Waals surface area (Å²) in [6.45, 7) is 0. The molecule has 12 heteroatoms. The molecule has 474 valence electrons. The van der Waals surface area contributed by atoms with Crippen LogP contribution in [0.4, 0.5) is 0 Å². The standard InChI is InChI=1S/C47H28N6.C43H26N6/c1-3-10-35-29(7-1)14-19-42-44(35)39-25-31(40-17-13-34(28-51-40)45-36-11-4-2-8-30(36)21-24-50-45)15-18-41(39)53(42)43-20-16-33(27-52-43)38-26-32-9-5-22-48-46(32)47-37(38)12-6-23-49-47;1-2-9-32-27(7-1)13-18-39-41(32)35-23-28(30-12-16-37(47-25-30)36-11-3-4-20-44-36)14-17-38(35)49(39)40-19-15-31(26-48-40)34-24-29-8-5-21-45-42(29)43-33(34)10-6-22-46-43/h1-28H;1-26H. The smallest absolute Gasteiger partial charge is 0.137 e. The summed E-state index contributed by atoms with van der Waals surface area (Å²) in [6, 6.07) is 93.2. The lowest BCUT2D eigenvalue weighted by atomic mass is 9.99. The number of aromatic nitrogens is 12. The van der Waals surface area contributed by atoms with Crippen molar-refractivity contribution in [3.05, 3.63) is 329 Å². The zero-order valence-corrected chi connectivity index (χ0v) is 54.5. The highest BCUT2D eigenvalue weighted by atomic mass is 15.1. The fraction of sp³-hybridized carbons (Fsp3) is 0. The van der Waals surface area contributed by atoms with E-state index in [1.165, 1.54) is 37.7 Å². The van der Waals surface area contributed by atoms with Gasteiger partial charge in [-0.25, -0.2) is 9.97 Å². The van der Waals surface area contributed by atoms with Gasteiger partial charge in [-0.3, -0.25) is 49.0 Å². The zero-order valence-electron chi connectivity index (χ0n) is 54.5. The molecular formula is C90H54N12. The SMILES string of the molecule is c1ccc(-c2ccc(-c3ccc4c(c3)c3c5ccccc5ccc3n4-c3ccc(-c4cc5cccnc5c5ncccc45)cn3)cn2)nc1.c1ccc2c(-c3ccc(-c4ccc5c(c4)c4c6ccccc6ccc4n5-c4ccc(-c5cc6cccnc6c6ncccc56)cn4)nc3)nccc2c1.